The first-order valence-corrected chi connectivity index (χ1v) is 7.06. The number of carbonyl (C=O) groups excluding carboxylic acids is 3. The minimum Gasteiger partial charge on any atom is -0.454 e. The van der Waals surface area contributed by atoms with Crippen LogP contribution < -0.4 is 5.32 Å². The van der Waals surface area contributed by atoms with E-state index >= 15 is 0 Å². The van der Waals surface area contributed by atoms with E-state index in [1.165, 1.54) is 6.92 Å². The van der Waals surface area contributed by atoms with Crippen molar-refractivity contribution in [2.24, 2.45) is 11.8 Å². The Morgan fingerprint density at radius 2 is 2.18 bits per heavy atom. The third-order valence-electron chi connectivity index (χ3n) is 4.74. The predicted molar refractivity (Wildman–Crippen MR) is 73.0 cm³/mol. The van der Waals surface area contributed by atoms with E-state index in [9.17, 15) is 19.5 Å². The van der Waals surface area contributed by atoms with Crippen molar-refractivity contribution >= 4 is 17.8 Å². The maximum Gasteiger partial charge on any atom is 0.333 e. The van der Waals surface area contributed by atoms with Crippen molar-refractivity contribution in [3.05, 3.63) is 23.5 Å². The van der Waals surface area contributed by atoms with Crippen LogP contribution in [0.2, 0.25) is 0 Å². The first-order chi connectivity index (χ1) is 10.3. The molecule has 2 N–H and O–H groups in total. The molecule has 7 heteroatoms. The molecule has 0 aromatic rings. The molecule has 7 nitrogen and oxygen atoms in total. The zero-order valence-electron chi connectivity index (χ0n) is 12.5. The number of rotatable bonds is 2. The van der Waals surface area contributed by atoms with Crippen LogP contribution in [0.5, 0.6) is 0 Å². The summed E-state index contributed by atoms with van der Waals surface area (Å²) in [5.74, 6) is -3.08. The lowest BCUT2D eigenvalue weighted by molar-refractivity contribution is -0.170. The van der Waals surface area contributed by atoms with Crippen LogP contribution in [-0.2, 0) is 23.9 Å². The number of esters is 2. The number of hydrogen-bond donors (Lipinski definition) is 2. The predicted octanol–water partition coefficient (Wildman–Crippen LogP) is -0.200. The molecule has 0 radical (unpaired) electrons. The summed E-state index contributed by atoms with van der Waals surface area (Å²) in [6, 6.07) is -0.639. The summed E-state index contributed by atoms with van der Waals surface area (Å²) in [7, 11) is 0. The molecule has 3 aliphatic rings. The lowest BCUT2D eigenvalue weighted by atomic mass is 9.82. The molecule has 1 amide bonds. The van der Waals surface area contributed by atoms with E-state index < -0.39 is 41.5 Å². The fraction of sp³-hybridized carbons (Fsp3) is 0.533. The standard InChI is InChI=1S/C15H17NO6/c1-4-6(2)13(18)22-11-10-8-7(12(17)16-10)5-21-14(19)9(8)15(11,3)20/h4-5,8-11,20H,1-3H3,(H,16,17)/b6-4+/t8-,9-,10+,11+,15-/m1/s1. The molecule has 5 atom stereocenters. The molecular weight excluding hydrogens is 290 g/mol. The van der Waals surface area contributed by atoms with Gasteiger partial charge in [-0.2, -0.15) is 0 Å². The topological polar surface area (TPSA) is 102 Å². The van der Waals surface area contributed by atoms with E-state index in [1.807, 2.05) is 0 Å². The van der Waals surface area contributed by atoms with Crippen molar-refractivity contribution in [3.8, 4) is 0 Å². The lowest BCUT2D eigenvalue weighted by Crippen LogP contribution is -2.51. The Morgan fingerprint density at radius 1 is 1.50 bits per heavy atom. The minimum atomic E-state index is -1.62. The summed E-state index contributed by atoms with van der Waals surface area (Å²) in [5, 5.41) is 13.4. The molecule has 0 aromatic heterocycles. The van der Waals surface area contributed by atoms with Crippen molar-refractivity contribution < 1.29 is 29.0 Å². The van der Waals surface area contributed by atoms with E-state index in [4.69, 9.17) is 9.47 Å². The quantitative estimate of drug-likeness (QED) is 0.541. The van der Waals surface area contributed by atoms with Gasteiger partial charge in [-0.1, -0.05) is 6.08 Å². The number of aliphatic hydroxyl groups is 1. The van der Waals surface area contributed by atoms with Crippen LogP contribution in [-0.4, -0.2) is 40.7 Å². The van der Waals surface area contributed by atoms with Crippen LogP contribution in [0.3, 0.4) is 0 Å². The Kier molecular flexibility index (Phi) is 3.14. The molecule has 1 saturated carbocycles. The average molecular weight is 307 g/mol. The van der Waals surface area contributed by atoms with Gasteiger partial charge in [0.05, 0.1) is 17.5 Å². The average Bonchev–Trinajstić information content (AvgIpc) is 2.89. The number of hydrogen-bond acceptors (Lipinski definition) is 6. The minimum absolute atomic E-state index is 0.302. The first kappa shape index (κ1) is 14.8. The van der Waals surface area contributed by atoms with Crippen LogP contribution in [0, 0.1) is 11.8 Å². The van der Waals surface area contributed by atoms with Crippen molar-refractivity contribution in [1.82, 2.24) is 5.32 Å². The second-order valence-corrected chi connectivity index (χ2v) is 6.04. The zero-order chi connectivity index (χ0) is 16.2. The van der Waals surface area contributed by atoms with Gasteiger partial charge in [-0.05, 0) is 20.8 Å². The highest BCUT2D eigenvalue weighted by atomic mass is 16.6. The summed E-state index contributed by atoms with van der Waals surface area (Å²) in [6.07, 6.45) is 1.69. The van der Waals surface area contributed by atoms with Crippen LogP contribution in [0.4, 0.5) is 0 Å². The van der Waals surface area contributed by atoms with E-state index in [2.05, 4.69) is 5.32 Å². The number of nitrogens with one attached hydrogen (secondary N) is 1. The summed E-state index contributed by atoms with van der Waals surface area (Å²) in [6.45, 7) is 4.71. The van der Waals surface area contributed by atoms with E-state index in [0.29, 0.717) is 11.1 Å². The Bertz CT molecular complexity index is 632. The van der Waals surface area contributed by atoms with Crippen LogP contribution >= 0.6 is 0 Å². The van der Waals surface area contributed by atoms with Crippen LogP contribution in [0.1, 0.15) is 20.8 Å². The van der Waals surface area contributed by atoms with Gasteiger partial charge in [0.25, 0.3) is 5.91 Å². The van der Waals surface area contributed by atoms with E-state index in [1.54, 1.807) is 19.9 Å². The van der Waals surface area contributed by atoms with Gasteiger partial charge in [0.1, 0.15) is 11.9 Å². The molecule has 2 heterocycles. The van der Waals surface area contributed by atoms with Crippen molar-refractivity contribution in [3.63, 3.8) is 0 Å². The molecule has 0 aromatic carbocycles. The third-order valence-corrected chi connectivity index (χ3v) is 4.74. The molecule has 2 aliphatic heterocycles. The first-order valence-electron chi connectivity index (χ1n) is 7.06. The fourth-order valence-corrected chi connectivity index (χ4v) is 3.46. The molecule has 2 fully saturated rings. The Morgan fingerprint density at radius 3 is 2.82 bits per heavy atom. The van der Waals surface area contributed by atoms with Gasteiger partial charge < -0.3 is 19.9 Å². The third kappa shape index (κ3) is 1.81. The van der Waals surface area contributed by atoms with Gasteiger partial charge >= 0.3 is 11.9 Å². The van der Waals surface area contributed by atoms with Crippen molar-refractivity contribution in [2.75, 3.05) is 0 Å². The summed E-state index contributed by atoms with van der Waals surface area (Å²) in [4.78, 5) is 36.0. The molecule has 1 saturated heterocycles. The SMILES string of the molecule is C/C=C(\C)C(=O)O[C@H]1[C@H]2NC(=O)C3=COC(=O)[C@@H]([C@@H]32)[C@@]1(C)O. The molecule has 0 spiro atoms. The van der Waals surface area contributed by atoms with Crippen molar-refractivity contribution in [1.29, 1.82) is 0 Å². The molecule has 3 rings (SSSR count). The molecule has 0 bridgehead atoms. The number of allylic oxidation sites excluding steroid dienone is 1. The highest BCUT2D eigenvalue weighted by Gasteiger charge is 2.68. The van der Waals surface area contributed by atoms with Gasteiger partial charge in [-0.25, -0.2) is 4.79 Å². The van der Waals surface area contributed by atoms with Gasteiger partial charge in [-0.3, -0.25) is 9.59 Å². The highest BCUT2D eigenvalue weighted by molar-refractivity contribution is 6.00. The number of carbonyl (C=O) groups is 3. The number of cyclic esters (lactones) is 1. The number of ether oxygens (including phenoxy) is 2. The zero-order valence-corrected chi connectivity index (χ0v) is 12.5. The van der Waals surface area contributed by atoms with Crippen LogP contribution in [0.15, 0.2) is 23.5 Å². The molecule has 0 unspecified atom stereocenters. The lowest BCUT2D eigenvalue weighted by Gasteiger charge is -2.32. The summed E-state index contributed by atoms with van der Waals surface area (Å²) < 4.78 is 10.3. The maximum absolute atomic E-state index is 12.0. The second-order valence-electron chi connectivity index (χ2n) is 6.04. The molecular formula is C15H17NO6. The van der Waals surface area contributed by atoms with Crippen LogP contribution in [0.25, 0.3) is 0 Å². The molecule has 118 valence electrons. The molecule has 1 aliphatic carbocycles. The monoisotopic (exact) mass is 307 g/mol. The molecule has 22 heavy (non-hydrogen) atoms. The number of amides is 1. The second kappa shape index (κ2) is 4.67. The van der Waals surface area contributed by atoms with E-state index in [-0.39, 0.29) is 5.91 Å². The van der Waals surface area contributed by atoms with Gasteiger partial charge in [0, 0.05) is 11.5 Å². The largest absolute Gasteiger partial charge is 0.454 e. The van der Waals surface area contributed by atoms with Gasteiger partial charge in [0.15, 0.2) is 6.10 Å². The maximum atomic E-state index is 12.0. The fourth-order valence-electron chi connectivity index (χ4n) is 3.46. The summed E-state index contributed by atoms with van der Waals surface area (Å²) >= 11 is 0. The van der Waals surface area contributed by atoms with Crippen molar-refractivity contribution in [2.45, 2.75) is 38.5 Å². The smallest absolute Gasteiger partial charge is 0.333 e. The van der Waals surface area contributed by atoms with E-state index in [0.717, 1.165) is 6.26 Å². The Labute approximate surface area is 127 Å². The Balaban J connectivity index is 1.99. The summed E-state index contributed by atoms with van der Waals surface area (Å²) in [5.41, 5.74) is -0.937. The highest BCUT2D eigenvalue weighted by Crippen LogP contribution is 2.50. The van der Waals surface area contributed by atoms with Gasteiger partial charge in [-0.15, -0.1) is 0 Å². The normalized spacial score (nSPS) is 39.8. The Hall–Kier alpha value is -2.15. The van der Waals surface area contributed by atoms with Gasteiger partial charge in [0.2, 0.25) is 0 Å².